The van der Waals surface area contributed by atoms with E-state index in [9.17, 15) is 18.5 Å². The molecule has 0 radical (unpaired) electrons. The summed E-state index contributed by atoms with van der Waals surface area (Å²) in [6, 6.07) is 3.99. The standard InChI is InChI=1S/C12H19N3O4S2/c1-3-13-10-5-6-11(15(16)17)12(9-10)21(18,19)14-7-4-8-20-2/h5-6,9,13-14H,3-4,7-8H2,1-2H3. The molecule has 118 valence electrons. The molecule has 2 N–H and O–H groups in total. The molecule has 9 heteroatoms. The molecule has 0 saturated heterocycles. The van der Waals surface area contributed by atoms with E-state index in [2.05, 4.69) is 10.0 Å². The third-order valence-electron chi connectivity index (χ3n) is 2.64. The van der Waals surface area contributed by atoms with E-state index in [1.165, 1.54) is 18.2 Å². The number of nitrogens with zero attached hydrogens (tertiary/aromatic N) is 1. The van der Waals surface area contributed by atoms with E-state index in [-0.39, 0.29) is 11.4 Å². The van der Waals surface area contributed by atoms with Crippen molar-refractivity contribution in [1.29, 1.82) is 0 Å². The van der Waals surface area contributed by atoms with Gasteiger partial charge in [0.15, 0.2) is 4.90 Å². The lowest BCUT2D eigenvalue weighted by molar-refractivity contribution is -0.387. The predicted octanol–water partition coefficient (Wildman–Crippen LogP) is 2.06. The Morgan fingerprint density at radius 3 is 2.67 bits per heavy atom. The molecule has 0 fully saturated rings. The number of benzene rings is 1. The Balaban J connectivity index is 3.06. The van der Waals surface area contributed by atoms with Crippen molar-refractivity contribution in [2.45, 2.75) is 18.2 Å². The normalized spacial score (nSPS) is 11.3. The van der Waals surface area contributed by atoms with Gasteiger partial charge >= 0.3 is 0 Å². The number of nitrogens with one attached hydrogen (secondary N) is 2. The van der Waals surface area contributed by atoms with Gasteiger partial charge in [-0.2, -0.15) is 11.8 Å². The van der Waals surface area contributed by atoms with Crippen LogP contribution in [0.5, 0.6) is 0 Å². The Bertz CT molecular complexity index is 590. The second kappa shape index (κ2) is 8.20. The zero-order chi connectivity index (χ0) is 15.9. The van der Waals surface area contributed by atoms with Gasteiger partial charge in [-0.3, -0.25) is 10.1 Å². The molecular weight excluding hydrogens is 314 g/mol. The molecule has 0 heterocycles. The van der Waals surface area contributed by atoms with Crippen molar-refractivity contribution in [2.75, 3.05) is 30.4 Å². The monoisotopic (exact) mass is 333 g/mol. The lowest BCUT2D eigenvalue weighted by atomic mass is 10.3. The highest BCUT2D eigenvalue weighted by molar-refractivity contribution is 7.98. The number of hydrogen-bond acceptors (Lipinski definition) is 6. The summed E-state index contributed by atoms with van der Waals surface area (Å²) in [6.45, 7) is 2.71. The van der Waals surface area contributed by atoms with Gasteiger partial charge in [-0.05, 0) is 37.5 Å². The highest BCUT2D eigenvalue weighted by Crippen LogP contribution is 2.26. The summed E-state index contributed by atoms with van der Waals surface area (Å²) >= 11 is 1.61. The van der Waals surface area contributed by atoms with Crippen LogP contribution in [-0.4, -0.2) is 38.4 Å². The Morgan fingerprint density at radius 2 is 2.10 bits per heavy atom. The van der Waals surface area contributed by atoms with Gasteiger partial charge in [-0.15, -0.1) is 0 Å². The largest absolute Gasteiger partial charge is 0.385 e. The van der Waals surface area contributed by atoms with Crippen LogP contribution in [0.2, 0.25) is 0 Å². The summed E-state index contributed by atoms with van der Waals surface area (Å²) in [5.41, 5.74) is 0.113. The summed E-state index contributed by atoms with van der Waals surface area (Å²) < 4.78 is 26.9. The molecule has 0 unspecified atom stereocenters. The van der Waals surface area contributed by atoms with Gasteiger partial charge in [-0.25, -0.2) is 13.1 Å². The second-order valence-electron chi connectivity index (χ2n) is 4.21. The lowest BCUT2D eigenvalue weighted by Gasteiger charge is -2.09. The number of anilines is 1. The maximum absolute atomic E-state index is 12.2. The molecule has 21 heavy (non-hydrogen) atoms. The number of hydrogen-bond donors (Lipinski definition) is 2. The van der Waals surface area contributed by atoms with E-state index >= 15 is 0 Å². The molecule has 0 aliphatic heterocycles. The third kappa shape index (κ3) is 5.18. The molecule has 0 aromatic heterocycles. The van der Waals surface area contributed by atoms with Crippen molar-refractivity contribution >= 4 is 33.2 Å². The van der Waals surface area contributed by atoms with E-state index < -0.39 is 20.6 Å². The molecule has 0 saturated carbocycles. The van der Waals surface area contributed by atoms with Crippen molar-refractivity contribution in [3.63, 3.8) is 0 Å². The van der Waals surface area contributed by atoms with Crippen LogP contribution in [0.4, 0.5) is 11.4 Å². The molecule has 0 spiro atoms. The second-order valence-corrected chi connectivity index (χ2v) is 6.94. The minimum Gasteiger partial charge on any atom is -0.385 e. The first-order valence-corrected chi connectivity index (χ1v) is 9.31. The van der Waals surface area contributed by atoms with Gasteiger partial charge in [0.25, 0.3) is 5.69 Å². The van der Waals surface area contributed by atoms with E-state index in [1.54, 1.807) is 11.8 Å². The van der Waals surface area contributed by atoms with Crippen molar-refractivity contribution in [1.82, 2.24) is 4.72 Å². The average Bonchev–Trinajstić information content (AvgIpc) is 2.44. The van der Waals surface area contributed by atoms with Crippen molar-refractivity contribution in [2.24, 2.45) is 0 Å². The number of rotatable bonds is 9. The Labute approximate surface area is 128 Å². The van der Waals surface area contributed by atoms with Crippen LogP contribution >= 0.6 is 11.8 Å². The zero-order valence-electron chi connectivity index (χ0n) is 12.0. The van der Waals surface area contributed by atoms with Crippen LogP contribution in [0, 0.1) is 10.1 Å². The van der Waals surface area contributed by atoms with Crippen molar-refractivity contribution < 1.29 is 13.3 Å². The van der Waals surface area contributed by atoms with E-state index in [0.29, 0.717) is 18.7 Å². The topological polar surface area (TPSA) is 101 Å². The number of nitro groups is 1. The average molecular weight is 333 g/mol. The summed E-state index contributed by atoms with van der Waals surface area (Å²) in [6.07, 6.45) is 2.60. The zero-order valence-corrected chi connectivity index (χ0v) is 13.6. The number of thioether (sulfide) groups is 1. The first-order chi connectivity index (χ1) is 9.92. The van der Waals surface area contributed by atoms with Gasteiger partial charge in [0.05, 0.1) is 4.92 Å². The molecule has 1 rings (SSSR count). The fourth-order valence-corrected chi connectivity index (χ4v) is 3.40. The highest BCUT2D eigenvalue weighted by Gasteiger charge is 2.25. The van der Waals surface area contributed by atoms with Crippen LogP contribution in [-0.2, 0) is 10.0 Å². The molecule has 0 aliphatic rings. The van der Waals surface area contributed by atoms with E-state index in [1.807, 2.05) is 13.2 Å². The Kier molecular flexibility index (Phi) is 6.93. The molecular formula is C12H19N3O4S2. The summed E-state index contributed by atoms with van der Waals surface area (Å²) in [5, 5.41) is 13.9. The van der Waals surface area contributed by atoms with Crippen LogP contribution < -0.4 is 10.0 Å². The van der Waals surface area contributed by atoms with Crippen molar-refractivity contribution in [3.05, 3.63) is 28.3 Å². The summed E-state index contributed by atoms with van der Waals surface area (Å²) in [5.74, 6) is 0.821. The lowest BCUT2D eigenvalue weighted by Crippen LogP contribution is -2.26. The van der Waals surface area contributed by atoms with Crippen LogP contribution in [0.1, 0.15) is 13.3 Å². The van der Waals surface area contributed by atoms with Crippen molar-refractivity contribution in [3.8, 4) is 0 Å². The Morgan fingerprint density at radius 1 is 1.38 bits per heavy atom. The molecule has 1 aromatic rings. The Hall–Kier alpha value is -1.32. The predicted molar refractivity (Wildman–Crippen MR) is 85.4 cm³/mol. The summed E-state index contributed by atoms with van der Waals surface area (Å²) in [7, 11) is -3.90. The van der Waals surface area contributed by atoms with E-state index in [0.717, 1.165) is 5.75 Å². The maximum atomic E-state index is 12.2. The maximum Gasteiger partial charge on any atom is 0.289 e. The van der Waals surface area contributed by atoms with Gasteiger partial charge in [0.1, 0.15) is 0 Å². The third-order valence-corrected chi connectivity index (χ3v) is 4.83. The minimum absolute atomic E-state index is 0.256. The van der Waals surface area contributed by atoms with Gasteiger partial charge < -0.3 is 5.32 Å². The van der Waals surface area contributed by atoms with E-state index in [4.69, 9.17) is 0 Å². The van der Waals surface area contributed by atoms with Crippen LogP contribution in [0.25, 0.3) is 0 Å². The first kappa shape index (κ1) is 17.7. The first-order valence-electron chi connectivity index (χ1n) is 6.43. The molecule has 0 atom stereocenters. The fraction of sp³-hybridized carbons (Fsp3) is 0.500. The fourth-order valence-electron chi connectivity index (χ4n) is 1.70. The van der Waals surface area contributed by atoms with Crippen LogP contribution in [0.3, 0.4) is 0 Å². The molecule has 0 amide bonds. The van der Waals surface area contributed by atoms with Gasteiger partial charge in [0.2, 0.25) is 10.0 Å². The van der Waals surface area contributed by atoms with Gasteiger partial charge in [-0.1, -0.05) is 0 Å². The molecule has 0 aliphatic carbocycles. The van der Waals surface area contributed by atoms with Gasteiger partial charge in [0, 0.05) is 24.8 Å². The SMILES string of the molecule is CCNc1ccc([N+](=O)[O-])c(S(=O)(=O)NCCCSC)c1. The minimum atomic E-state index is -3.90. The summed E-state index contributed by atoms with van der Waals surface area (Å²) in [4.78, 5) is 10.0. The molecule has 1 aromatic carbocycles. The smallest absolute Gasteiger partial charge is 0.289 e. The quantitative estimate of drug-likeness (QED) is 0.407. The number of sulfonamides is 1. The highest BCUT2D eigenvalue weighted by atomic mass is 32.2. The number of nitro benzene ring substituents is 1. The molecule has 7 nitrogen and oxygen atoms in total. The molecule has 0 bridgehead atoms. The van der Waals surface area contributed by atoms with Crippen LogP contribution in [0.15, 0.2) is 23.1 Å².